The third-order valence-corrected chi connectivity index (χ3v) is 6.15. The Labute approximate surface area is 167 Å². The first-order valence-electron chi connectivity index (χ1n) is 8.35. The van der Waals surface area contributed by atoms with Crippen LogP contribution >= 0.6 is 12.0 Å². The third-order valence-electron chi connectivity index (χ3n) is 3.95. The normalized spacial score (nSPS) is 12.5. The molecule has 0 rings (SSSR count). The average Bonchev–Trinajstić information content (AvgIpc) is 2.47. The van der Waals surface area contributed by atoms with E-state index in [1.54, 1.807) is 13.8 Å². The lowest BCUT2D eigenvalue weighted by molar-refractivity contribution is -0.432. The van der Waals surface area contributed by atoms with Crippen molar-refractivity contribution in [2.75, 3.05) is 11.5 Å². The summed E-state index contributed by atoms with van der Waals surface area (Å²) in [6.07, 6.45) is 1.76. The minimum atomic E-state index is -4.08. The van der Waals surface area contributed by atoms with Gasteiger partial charge in [-0.2, -0.15) is 8.42 Å². The molecule has 0 atom stereocenters. The SMILES string of the molecule is C.CC(C)(CCC(=O)CCC(=O)CCC(C)(C)CS(=O)(=O)O)CSOOO. The van der Waals surface area contributed by atoms with Crippen molar-refractivity contribution in [3.63, 3.8) is 0 Å². The van der Waals surface area contributed by atoms with Gasteiger partial charge in [-0.3, -0.25) is 14.1 Å². The van der Waals surface area contributed by atoms with Crippen LogP contribution in [0.4, 0.5) is 0 Å². The summed E-state index contributed by atoms with van der Waals surface area (Å²) in [5.74, 6) is 0.0328. The second kappa shape index (κ2) is 12.8. The standard InChI is InChI=1S/C16H30O8S2.CH4/c1-15(2,11-25-24-23-19)9-7-13(17)5-6-14(18)8-10-16(3,4)12-26(20,21)22;/h19H,5-12H2,1-4H3,(H,20,21,22);1H4. The Morgan fingerprint density at radius 2 is 1.37 bits per heavy atom. The molecule has 0 aliphatic carbocycles. The molecule has 0 aromatic heterocycles. The Kier molecular flexibility index (Phi) is 13.6. The second-order valence-electron chi connectivity index (χ2n) is 8.04. The lowest BCUT2D eigenvalue weighted by atomic mass is 9.87. The van der Waals surface area contributed by atoms with Crippen LogP contribution in [0.5, 0.6) is 0 Å². The van der Waals surface area contributed by atoms with Crippen LogP contribution < -0.4 is 0 Å². The molecule has 2 N–H and O–H groups in total. The van der Waals surface area contributed by atoms with Gasteiger partial charge >= 0.3 is 0 Å². The summed E-state index contributed by atoms with van der Waals surface area (Å²) in [6.45, 7) is 7.25. The van der Waals surface area contributed by atoms with Crippen molar-refractivity contribution in [3.8, 4) is 0 Å². The number of ketones is 2. The number of Topliss-reactive ketones (excluding diaryl/α,β-unsaturated/α-hetero) is 2. The molecule has 0 heterocycles. The molecule has 0 unspecified atom stereocenters. The summed E-state index contributed by atoms with van der Waals surface area (Å²) < 4.78 is 35.1. The molecule has 0 aromatic carbocycles. The fourth-order valence-corrected chi connectivity index (χ4v) is 4.01. The quantitative estimate of drug-likeness (QED) is 0.130. The first-order chi connectivity index (χ1) is 11.8. The number of hydrogen-bond donors (Lipinski definition) is 2. The van der Waals surface area contributed by atoms with E-state index in [0.29, 0.717) is 25.0 Å². The molecule has 0 aliphatic heterocycles. The fraction of sp³-hybridized carbons (Fsp3) is 0.882. The number of hydrogen-bond acceptors (Lipinski definition) is 8. The Morgan fingerprint density at radius 1 is 0.926 bits per heavy atom. The third kappa shape index (κ3) is 17.3. The van der Waals surface area contributed by atoms with Crippen LogP contribution in [0.25, 0.3) is 0 Å². The topological polar surface area (TPSA) is 127 Å². The van der Waals surface area contributed by atoms with Crippen LogP contribution in [0.3, 0.4) is 0 Å². The van der Waals surface area contributed by atoms with Gasteiger partial charge in [-0.05, 0) is 23.7 Å². The van der Waals surface area contributed by atoms with Crippen molar-refractivity contribution in [1.82, 2.24) is 0 Å². The molecule has 0 saturated heterocycles. The van der Waals surface area contributed by atoms with Gasteiger partial charge in [0, 0.05) is 43.5 Å². The summed E-state index contributed by atoms with van der Waals surface area (Å²) in [5.41, 5.74) is -0.891. The average molecular weight is 431 g/mol. The highest BCUT2D eigenvalue weighted by atomic mass is 32.2. The number of carbonyl (C=O) groups excluding carboxylic acids is 2. The Morgan fingerprint density at radius 3 is 1.78 bits per heavy atom. The lowest BCUT2D eigenvalue weighted by Crippen LogP contribution is -2.24. The molecule has 162 valence electrons. The molecular weight excluding hydrogens is 396 g/mol. The van der Waals surface area contributed by atoms with Crippen molar-refractivity contribution in [2.45, 2.75) is 73.6 Å². The Balaban J connectivity index is 0. The van der Waals surface area contributed by atoms with Crippen molar-refractivity contribution >= 4 is 33.7 Å². The maximum Gasteiger partial charge on any atom is 0.265 e. The predicted octanol–water partition coefficient (Wildman–Crippen LogP) is 4.11. The van der Waals surface area contributed by atoms with E-state index in [4.69, 9.17) is 9.81 Å². The van der Waals surface area contributed by atoms with E-state index in [1.165, 1.54) is 0 Å². The van der Waals surface area contributed by atoms with Crippen LogP contribution in [0.15, 0.2) is 0 Å². The molecule has 0 bridgehead atoms. The molecule has 0 saturated carbocycles. The number of rotatable bonds is 15. The molecule has 0 amide bonds. The van der Waals surface area contributed by atoms with Crippen molar-refractivity contribution in [3.05, 3.63) is 0 Å². The van der Waals surface area contributed by atoms with Crippen molar-refractivity contribution < 1.29 is 37.2 Å². The summed E-state index contributed by atoms with van der Waals surface area (Å²) in [4.78, 5) is 23.9. The van der Waals surface area contributed by atoms with Gasteiger partial charge in [0.1, 0.15) is 11.6 Å². The maximum atomic E-state index is 11.9. The van der Waals surface area contributed by atoms with E-state index in [1.807, 2.05) is 13.8 Å². The van der Waals surface area contributed by atoms with E-state index in [-0.39, 0.29) is 43.7 Å². The van der Waals surface area contributed by atoms with Gasteiger partial charge in [-0.25, -0.2) is 5.26 Å². The molecule has 0 aromatic rings. The number of carbonyl (C=O) groups is 2. The molecule has 0 radical (unpaired) electrons. The second-order valence-corrected chi connectivity index (χ2v) is 10.1. The van der Waals surface area contributed by atoms with Crippen molar-refractivity contribution in [1.29, 1.82) is 0 Å². The highest BCUT2D eigenvalue weighted by molar-refractivity contribution is 7.94. The lowest BCUT2D eigenvalue weighted by Gasteiger charge is -2.22. The van der Waals surface area contributed by atoms with Crippen LogP contribution in [0.2, 0.25) is 0 Å². The van der Waals surface area contributed by atoms with Crippen LogP contribution in [-0.2, 0) is 29.1 Å². The van der Waals surface area contributed by atoms with Gasteiger partial charge < -0.3 is 0 Å². The monoisotopic (exact) mass is 430 g/mol. The Hall–Kier alpha value is -0.520. The predicted molar refractivity (Wildman–Crippen MR) is 106 cm³/mol. The zero-order valence-electron chi connectivity index (χ0n) is 15.8. The van der Waals surface area contributed by atoms with E-state index >= 15 is 0 Å². The van der Waals surface area contributed by atoms with Crippen LogP contribution in [-0.4, -0.2) is 41.3 Å². The van der Waals surface area contributed by atoms with Gasteiger partial charge in [0.25, 0.3) is 10.1 Å². The molecule has 0 aliphatic rings. The first-order valence-corrected chi connectivity index (χ1v) is 10.9. The molecule has 8 nitrogen and oxygen atoms in total. The van der Waals surface area contributed by atoms with E-state index in [0.717, 1.165) is 12.0 Å². The van der Waals surface area contributed by atoms with E-state index < -0.39 is 21.3 Å². The molecular formula is C17H34O8S2. The van der Waals surface area contributed by atoms with E-state index in [2.05, 4.69) is 9.37 Å². The molecule has 10 heteroatoms. The Bertz CT molecular complexity index is 555. The summed E-state index contributed by atoms with van der Waals surface area (Å²) >= 11 is 0.945. The van der Waals surface area contributed by atoms with Gasteiger partial charge in [-0.15, -0.1) is 4.33 Å². The summed E-state index contributed by atoms with van der Waals surface area (Å²) in [5, 5.41) is 11.6. The smallest absolute Gasteiger partial charge is 0.265 e. The zero-order chi connectivity index (χ0) is 20.4. The summed E-state index contributed by atoms with van der Waals surface area (Å²) in [6, 6.07) is 0. The van der Waals surface area contributed by atoms with Gasteiger partial charge in [-0.1, -0.05) is 40.2 Å². The van der Waals surface area contributed by atoms with Crippen LogP contribution in [0.1, 0.15) is 73.6 Å². The highest BCUT2D eigenvalue weighted by Crippen LogP contribution is 2.28. The minimum absolute atomic E-state index is 0. The zero-order valence-corrected chi connectivity index (χ0v) is 17.5. The molecule has 27 heavy (non-hydrogen) atoms. The fourth-order valence-electron chi connectivity index (χ4n) is 2.33. The highest BCUT2D eigenvalue weighted by Gasteiger charge is 2.26. The van der Waals surface area contributed by atoms with Gasteiger partial charge in [0.2, 0.25) is 0 Å². The molecule has 0 spiro atoms. The van der Waals surface area contributed by atoms with Gasteiger partial charge in [0.05, 0.1) is 5.75 Å². The van der Waals surface area contributed by atoms with Gasteiger partial charge in [0.15, 0.2) is 0 Å². The maximum absolute atomic E-state index is 11.9. The minimum Gasteiger partial charge on any atom is -0.300 e. The summed E-state index contributed by atoms with van der Waals surface area (Å²) in [7, 11) is -4.08. The van der Waals surface area contributed by atoms with Crippen molar-refractivity contribution in [2.24, 2.45) is 10.8 Å². The van der Waals surface area contributed by atoms with Crippen LogP contribution in [0, 0.1) is 10.8 Å². The first kappa shape index (κ1) is 28.7. The molecule has 0 fully saturated rings. The largest absolute Gasteiger partial charge is 0.300 e. The van der Waals surface area contributed by atoms with E-state index in [9.17, 15) is 18.0 Å².